The third kappa shape index (κ3) is 5.45. The highest BCUT2D eigenvalue weighted by atomic mass is 19.4. The lowest BCUT2D eigenvalue weighted by atomic mass is 10.1. The molecule has 0 atom stereocenters. The van der Waals surface area contributed by atoms with E-state index in [-0.39, 0.29) is 17.5 Å². The molecule has 0 spiro atoms. The Morgan fingerprint density at radius 1 is 1.08 bits per heavy atom. The smallest absolute Gasteiger partial charge is 0.339 e. The summed E-state index contributed by atoms with van der Waals surface area (Å²) >= 11 is 0. The van der Waals surface area contributed by atoms with Gasteiger partial charge in [-0.2, -0.15) is 18.2 Å². The molecule has 8 nitrogen and oxygen atoms in total. The van der Waals surface area contributed by atoms with E-state index in [1.807, 2.05) is 19.1 Å². The fourth-order valence-electron chi connectivity index (χ4n) is 3.80. The van der Waals surface area contributed by atoms with Gasteiger partial charge in [-0.3, -0.25) is 9.59 Å². The standard InChI is InChI=1S/C25H23F3N6O2/c1-4-22(36)30-18-6-5-7-19(10-18)31-23-20(25(26,27)28)11-29-24(33-23)32-21-9-17-13-34(15(3)35)12-16(17)8-14(21)2/h4-11H,1,12-13H2,2-3H3,(H,30,36)(H2,29,31,32,33). The molecule has 0 saturated carbocycles. The highest BCUT2D eigenvalue weighted by Crippen LogP contribution is 2.36. The van der Waals surface area contributed by atoms with Crippen LogP contribution >= 0.6 is 0 Å². The van der Waals surface area contributed by atoms with Crippen molar-refractivity contribution in [1.82, 2.24) is 14.9 Å². The summed E-state index contributed by atoms with van der Waals surface area (Å²) in [6, 6.07) is 9.98. The maximum atomic E-state index is 13.7. The molecule has 0 aliphatic carbocycles. The van der Waals surface area contributed by atoms with Gasteiger partial charge in [-0.15, -0.1) is 0 Å². The fraction of sp³-hybridized carbons (Fsp3) is 0.200. The number of carbonyl (C=O) groups is 2. The van der Waals surface area contributed by atoms with Gasteiger partial charge in [0.05, 0.1) is 0 Å². The first-order valence-electron chi connectivity index (χ1n) is 10.9. The number of carbonyl (C=O) groups excluding carboxylic acids is 2. The average molecular weight is 496 g/mol. The largest absolute Gasteiger partial charge is 0.421 e. The summed E-state index contributed by atoms with van der Waals surface area (Å²) in [6.07, 6.45) is -2.90. The van der Waals surface area contributed by atoms with Crippen LogP contribution in [0, 0.1) is 6.92 Å². The monoisotopic (exact) mass is 496 g/mol. The predicted molar refractivity (Wildman–Crippen MR) is 130 cm³/mol. The summed E-state index contributed by atoms with van der Waals surface area (Å²) in [5, 5.41) is 8.23. The number of rotatable bonds is 6. The van der Waals surface area contributed by atoms with Gasteiger partial charge < -0.3 is 20.9 Å². The van der Waals surface area contributed by atoms with Gasteiger partial charge >= 0.3 is 6.18 Å². The number of aromatic nitrogens is 2. The predicted octanol–water partition coefficient (Wildman–Crippen LogP) is 5.28. The van der Waals surface area contributed by atoms with Crippen LogP contribution in [0.2, 0.25) is 0 Å². The number of nitrogens with zero attached hydrogens (tertiary/aromatic N) is 3. The Kier molecular flexibility index (Phi) is 6.65. The maximum Gasteiger partial charge on any atom is 0.421 e. The average Bonchev–Trinajstić information content (AvgIpc) is 3.22. The second kappa shape index (κ2) is 9.68. The molecule has 11 heteroatoms. The van der Waals surface area contributed by atoms with Crippen LogP contribution in [0.5, 0.6) is 0 Å². The summed E-state index contributed by atoms with van der Waals surface area (Å²) in [5.41, 5.74) is 3.04. The lowest BCUT2D eigenvalue weighted by Gasteiger charge is -2.16. The Hall–Kier alpha value is -4.41. The molecule has 3 N–H and O–H groups in total. The zero-order valence-electron chi connectivity index (χ0n) is 19.5. The van der Waals surface area contributed by atoms with Crippen molar-refractivity contribution >= 4 is 40.6 Å². The SMILES string of the molecule is C=CC(=O)Nc1cccc(Nc2nc(Nc3cc4c(cc3C)CN(C(C)=O)C4)ncc2C(F)(F)F)c1. The summed E-state index contributed by atoms with van der Waals surface area (Å²) < 4.78 is 41.0. The lowest BCUT2D eigenvalue weighted by Crippen LogP contribution is -2.21. The molecular weight excluding hydrogens is 473 g/mol. The second-order valence-corrected chi connectivity index (χ2v) is 8.29. The van der Waals surface area contributed by atoms with Crippen LogP contribution < -0.4 is 16.0 Å². The number of benzene rings is 2. The normalized spacial score (nSPS) is 12.6. The van der Waals surface area contributed by atoms with Crippen LogP contribution in [0.1, 0.15) is 29.2 Å². The zero-order valence-corrected chi connectivity index (χ0v) is 19.5. The zero-order chi connectivity index (χ0) is 26.0. The molecule has 2 heterocycles. The van der Waals surface area contributed by atoms with Crippen molar-refractivity contribution in [2.45, 2.75) is 33.1 Å². The van der Waals surface area contributed by atoms with E-state index in [4.69, 9.17) is 0 Å². The lowest BCUT2D eigenvalue weighted by molar-refractivity contribution is -0.137. The molecule has 186 valence electrons. The second-order valence-electron chi connectivity index (χ2n) is 8.29. The van der Waals surface area contributed by atoms with E-state index in [0.717, 1.165) is 22.8 Å². The first-order valence-corrected chi connectivity index (χ1v) is 10.9. The van der Waals surface area contributed by atoms with E-state index in [0.29, 0.717) is 30.7 Å². The van der Waals surface area contributed by atoms with Crippen molar-refractivity contribution in [3.63, 3.8) is 0 Å². The Labute approximate surface area is 205 Å². The molecule has 1 aromatic heterocycles. The summed E-state index contributed by atoms with van der Waals surface area (Å²) in [4.78, 5) is 33.0. The Morgan fingerprint density at radius 3 is 2.44 bits per heavy atom. The van der Waals surface area contributed by atoms with Gasteiger partial charge in [0.1, 0.15) is 11.4 Å². The molecule has 0 saturated heterocycles. The van der Waals surface area contributed by atoms with Crippen LogP contribution in [0.15, 0.2) is 55.3 Å². The van der Waals surface area contributed by atoms with Crippen LogP contribution in [0.4, 0.5) is 42.0 Å². The molecule has 36 heavy (non-hydrogen) atoms. The Balaban J connectivity index is 1.63. The fourth-order valence-corrected chi connectivity index (χ4v) is 3.80. The quantitative estimate of drug-likeness (QED) is 0.402. The van der Waals surface area contributed by atoms with Gasteiger partial charge in [-0.05, 0) is 54.0 Å². The van der Waals surface area contributed by atoms with Gasteiger partial charge in [0.2, 0.25) is 17.8 Å². The van der Waals surface area contributed by atoms with E-state index in [9.17, 15) is 22.8 Å². The molecule has 2 aromatic carbocycles. The molecule has 0 unspecified atom stereocenters. The number of hydrogen-bond acceptors (Lipinski definition) is 6. The maximum absolute atomic E-state index is 13.7. The van der Waals surface area contributed by atoms with E-state index in [2.05, 4.69) is 32.5 Å². The van der Waals surface area contributed by atoms with Crippen molar-refractivity contribution in [2.75, 3.05) is 16.0 Å². The minimum absolute atomic E-state index is 0.0340. The van der Waals surface area contributed by atoms with E-state index >= 15 is 0 Å². The molecule has 3 aromatic rings. The van der Waals surface area contributed by atoms with Crippen molar-refractivity contribution in [3.05, 3.63) is 77.5 Å². The summed E-state index contributed by atoms with van der Waals surface area (Å²) in [6.45, 7) is 7.70. The first kappa shape index (κ1) is 24.7. The number of amides is 2. The summed E-state index contributed by atoms with van der Waals surface area (Å²) in [7, 11) is 0. The molecular formula is C25H23F3N6O2. The minimum Gasteiger partial charge on any atom is -0.339 e. The number of hydrogen-bond donors (Lipinski definition) is 3. The highest BCUT2D eigenvalue weighted by Gasteiger charge is 2.35. The van der Waals surface area contributed by atoms with Crippen molar-refractivity contribution < 1.29 is 22.8 Å². The van der Waals surface area contributed by atoms with Crippen molar-refractivity contribution in [1.29, 1.82) is 0 Å². The van der Waals surface area contributed by atoms with Gasteiger partial charge in [-0.25, -0.2) is 4.98 Å². The molecule has 2 amide bonds. The summed E-state index contributed by atoms with van der Waals surface area (Å²) in [5.74, 6) is -0.971. The number of alkyl halides is 3. The third-order valence-corrected chi connectivity index (χ3v) is 5.63. The third-order valence-electron chi connectivity index (χ3n) is 5.63. The number of nitrogens with one attached hydrogen (secondary N) is 3. The molecule has 1 aliphatic rings. The van der Waals surface area contributed by atoms with Gasteiger partial charge in [-0.1, -0.05) is 18.7 Å². The van der Waals surface area contributed by atoms with Crippen molar-refractivity contribution in [3.8, 4) is 0 Å². The van der Waals surface area contributed by atoms with Gasteiger partial charge in [0, 0.05) is 43.3 Å². The van der Waals surface area contributed by atoms with E-state index in [1.165, 1.54) is 13.0 Å². The molecule has 1 aliphatic heterocycles. The van der Waals surface area contributed by atoms with E-state index in [1.54, 1.807) is 23.1 Å². The molecule has 4 rings (SSSR count). The highest BCUT2D eigenvalue weighted by molar-refractivity contribution is 5.99. The van der Waals surface area contributed by atoms with Gasteiger partial charge in [0.15, 0.2) is 0 Å². The molecule has 0 bridgehead atoms. The van der Waals surface area contributed by atoms with E-state index < -0.39 is 23.5 Å². The Bertz CT molecular complexity index is 1360. The molecule has 0 fully saturated rings. The number of halogens is 3. The number of aryl methyl sites for hydroxylation is 1. The minimum atomic E-state index is -4.70. The Morgan fingerprint density at radius 2 is 1.78 bits per heavy atom. The van der Waals surface area contributed by atoms with Crippen LogP contribution in [0.25, 0.3) is 0 Å². The molecule has 0 radical (unpaired) electrons. The van der Waals surface area contributed by atoms with Crippen molar-refractivity contribution in [2.24, 2.45) is 0 Å². The van der Waals surface area contributed by atoms with Gasteiger partial charge in [0.25, 0.3) is 0 Å². The number of anilines is 5. The first-order chi connectivity index (χ1) is 17.0. The topological polar surface area (TPSA) is 99.2 Å². The van der Waals surface area contributed by atoms with Crippen LogP contribution in [0.3, 0.4) is 0 Å². The van der Waals surface area contributed by atoms with Crippen LogP contribution in [-0.2, 0) is 28.9 Å². The number of fused-ring (bicyclic) bond motifs is 1. The van der Waals surface area contributed by atoms with Crippen LogP contribution in [-0.4, -0.2) is 26.7 Å².